The summed E-state index contributed by atoms with van der Waals surface area (Å²) in [5.41, 5.74) is 1.09. The molecule has 3 heteroatoms. The first-order valence-electron chi connectivity index (χ1n) is 6.74. The first-order chi connectivity index (χ1) is 8.71. The second-order valence-electron chi connectivity index (χ2n) is 5.30. The van der Waals surface area contributed by atoms with Gasteiger partial charge in [-0.1, -0.05) is 37.3 Å². The number of piperidine rings is 1. The Morgan fingerprint density at radius 3 is 2.61 bits per heavy atom. The Kier molecular flexibility index (Phi) is 4.37. The number of rotatable bonds is 4. The second-order valence-corrected chi connectivity index (χ2v) is 5.30. The zero-order valence-corrected chi connectivity index (χ0v) is 11.0. The Morgan fingerprint density at radius 1 is 1.28 bits per heavy atom. The number of carbonyl (C=O) groups excluding carboxylic acids is 1. The second kappa shape index (κ2) is 6.01. The number of benzene rings is 1. The van der Waals surface area contributed by atoms with E-state index in [0.717, 1.165) is 38.9 Å². The van der Waals surface area contributed by atoms with Gasteiger partial charge in [0.2, 0.25) is 5.91 Å². The minimum Gasteiger partial charge on any atom is -0.355 e. The Bertz CT molecular complexity index is 383. The molecule has 0 saturated carbocycles. The van der Waals surface area contributed by atoms with Crippen LogP contribution in [-0.4, -0.2) is 25.5 Å². The SMILES string of the molecule is CC1(C(=O)NCCc2ccccc2)CCNCC1. The zero-order valence-electron chi connectivity index (χ0n) is 11.0. The van der Waals surface area contributed by atoms with Gasteiger partial charge in [0.05, 0.1) is 0 Å². The summed E-state index contributed by atoms with van der Waals surface area (Å²) >= 11 is 0. The van der Waals surface area contributed by atoms with Gasteiger partial charge in [0, 0.05) is 12.0 Å². The molecule has 1 aliphatic rings. The predicted octanol–water partition coefficient (Wildman–Crippen LogP) is 1.73. The molecule has 3 nitrogen and oxygen atoms in total. The molecular formula is C15H22N2O. The Hall–Kier alpha value is -1.35. The summed E-state index contributed by atoms with van der Waals surface area (Å²) in [6.45, 7) is 4.70. The normalized spacial score (nSPS) is 18.3. The predicted molar refractivity (Wildman–Crippen MR) is 73.4 cm³/mol. The fourth-order valence-electron chi connectivity index (χ4n) is 2.38. The highest BCUT2D eigenvalue weighted by atomic mass is 16.2. The lowest BCUT2D eigenvalue weighted by atomic mass is 9.80. The zero-order chi connectivity index (χ0) is 12.8. The third-order valence-corrected chi connectivity index (χ3v) is 3.80. The highest BCUT2D eigenvalue weighted by molar-refractivity contribution is 5.82. The van der Waals surface area contributed by atoms with E-state index in [1.807, 2.05) is 18.2 Å². The van der Waals surface area contributed by atoms with Crippen LogP contribution in [0.2, 0.25) is 0 Å². The van der Waals surface area contributed by atoms with Crippen LogP contribution in [0.4, 0.5) is 0 Å². The van der Waals surface area contributed by atoms with E-state index in [4.69, 9.17) is 0 Å². The lowest BCUT2D eigenvalue weighted by Crippen LogP contribution is -2.46. The minimum atomic E-state index is -0.179. The van der Waals surface area contributed by atoms with E-state index < -0.39 is 0 Å². The molecule has 0 aromatic heterocycles. The molecule has 98 valence electrons. The maximum atomic E-state index is 12.2. The number of nitrogens with one attached hydrogen (secondary N) is 2. The molecule has 1 aliphatic heterocycles. The summed E-state index contributed by atoms with van der Waals surface area (Å²) in [4.78, 5) is 12.2. The fraction of sp³-hybridized carbons (Fsp3) is 0.533. The van der Waals surface area contributed by atoms with Crippen LogP contribution < -0.4 is 10.6 Å². The number of hydrogen-bond donors (Lipinski definition) is 2. The minimum absolute atomic E-state index is 0.179. The molecule has 0 bridgehead atoms. The summed E-state index contributed by atoms with van der Waals surface area (Å²) < 4.78 is 0. The van der Waals surface area contributed by atoms with E-state index >= 15 is 0 Å². The number of amides is 1. The summed E-state index contributed by atoms with van der Waals surface area (Å²) in [6, 6.07) is 10.3. The molecular weight excluding hydrogens is 224 g/mol. The molecule has 1 aromatic rings. The van der Waals surface area contributed by atoms with Crippen LogP contribution >= 0.6 is 0 Å². The molecule has 1 fully saturated rings. The van der Waals surface area contributed by atoms with Gasteiger partial charge in [0.25, 0.3) is 0 Å². The van der Waals surface area contributed by atoms with Crippen molar-refractivity contribution in [3.8, 4) is 0 Å². The number of hydrogen-bond acceptors (Lipinski definition) is 2. The van der Waals surface area contributed by atoms with Crippen LogP contribution in [-0.2, 0) is 11.2 Å². The smallest absolute Gasteiger partial charge is 0.226 e. The monoisotopic (exact) mass is 246 g/mol. The maximum Gasteiger partial charge on any atom is 0.226 e. The fourth-order valence-corrected chi connectivity index (χ4v) is 2.38. The lowest BCUT2D eigenvalue weighted by molar-refractivity contribution is -0.131. The van der Waals surface area contributed by atoms with Gasteiger partial charge in [-0.05, 0) is 37.9 Å². The van der Waals surface area contributed by atoms with Gasteiger partial charge in [-0.3, -0.25) is 4.79 Å². The van der Waals surface area contributed by atoms with Crippen LogP contribution in [0.15, 0.2) is 30.3 Å². The largest absolute Gasteiger partial charge is 0.355 e. The van der Waals surface area contributed by atoms with Crippen molar-refractivity contribution < 1.29 is 4.79 Å². The summed E-state index contributed by atoms with van der Waals surface area (Å²) in [7, 11) is 0. The average Bonchev–Trinajstić information content (AvgIpc) is 2.41. The van der Waals surface area contributed by atoms with Gasteiger partial charge in [-0.15, -0.1) is 0 Å². The molecule has 1 amide bonds. The molecule has 0 unspecified atom stereocenters. The van der Waals surface area contributed by atoms with Crippen molar-refractivity contribution in [2.24, 2.45) is 5.41 Å². The Balaban J connectivity index is 1.78. The highest BCUT2D eigenvalue weighted by Crippen LogP contribution is 2.27. The van der Waals surface area contributed by atoms with E-state index in [2.05, 4.69) is 29.7 Å². The molecule has 0 spiro atoms. The highest BCUT2D eigenvalue weighted by Gasteiger charge is 2.33. The molecule has 1 aromatic carbocycles. The summed E-state index contributed by atoms with van der Waals surface area (Å²) in [6.07, 6.45) is 2.77. The van der Waals surface area contributed by atoms with Crippen molar-refractivity contribution in [3.05, 3.63) is 35.9 Å². The van der Waals surface area contributed by atoms with E-state index in [-0.39, 0.29) is 11.3 Å². The third-order valence-electron chi connectivity index (χ3n) is 3.80. The summed E-state index contributed by atoms with van der Waals surface area (Å²) in [5.74, 6) is 0.208. The van der Waals surface area contributed by atoms with Crippen LogP contribution in [0.5, 0.6) is 0 Å². The number of carbonyl (C=O) groups is 1. The molecule has 2 N–H and O–H groups in total. The maximum absolute atomic E-state index is 12.2. The first kappa shape index (κ1) is 13.1. The van der Waals surface area contributed by atoms with Crippen LogP contribution in [0.1, 0.15) is 25.3 Å². The third kappa shape index (κ3) is 3.33. The van der Waals surface area contributed by atoms with Gasteiger partial charge in [0.15, 0.2) is 0 Å². The van der Waals surface area contributed by atoms with Crippen molar-refractivity contribution in [1.29, 1.82) is 0 Å². The van der Waals surface area contributed by atoms with E-state index in [1.54, 1.807) is 0 Å². The van der Waals surface area contributed by atoms with Crippen molar-refractivity contribution in [2.75, 3.05) is 19.6 Å². The lowest BCUT2D eigenvalue weighted by Gasteiger charge is -2.32. The van der Waals surface area contributed by atoms with Crippen molar-refractivity contribution in [1.82, 2.24) is 10.6 Å². The van der Waals surface area contributed by atoms with E-state index in [0.29, 0.717) is 0 Å². The topological polar surface area (TPSA) is 41.1 Å². The molecule has 0 aliphatic carbocycles. The van der Waals surface area contributed by atoms with Gasteiger partial charge in [0.1, 0.15) is 0 Å². The van der Waals surface area contributed by atoms with Crippen LogP contribution in [0.25, 0.3) is 0 Å². The first-order valence-corrected chi connectivity index (χ1v) is 6.74. The van der Waals surface area contributed by atoms with Crippen molar-refractivity contribution in [3.63, 3.8) is 0 Å². The van der Waals surface area contributed by atoms with Crippen LogP contribution in [0.3, 0.4) is 0 Å². The summed E-state index contributed by atoms with van der Waals surface area (Å²) in [5, 5.41) is 6.37. The van der Waals surface area contributed by atoms with Gasteiger partial charge < -0.3 is 10.6 Å². The molecule has 1 saturated heterocycles. The molecule has 0 radical (unpaired) electrons. The van der Waals surface area contributed by atoms with Gasteiger partial charge in [-0.25, -0.2) is 0 Å². The molecule has 1 heterocycles. The van der Waals surface area contributed by atoms with E-state index in [1.165, 1.54) is 5.56 Å². The average molecular weight is 246 g/mol. The Labute approximate surface area is 109 Å². The van der Waals surface area contributed by atoms with Crippen LogP contribution in [0, 0.1) is 5.41 Å². The standard InChI is InChI=1S/C15H22N2O/c1-15(8-11-16-12-9-15)14(18)17-10-7-13-5-3-2-4-6-13/h2-6,16H,7-12H2,1H3,(H,17,18). The molecule has 18 heavy (non-hydrogen) atoms. The van der Waals surface area contributed by atoms with Gasteiger partial charge in [-0.2, -0.15) is 0 Å². The van der Waals surface area contributed by atoms with Gasteiger partial charge >= 0.3 is 0 Å². The van der Waals surface area contributed by atoms with Crippen molar-refractivity contribution in [2.45, 2.75) is 26.2 Å². The van der Waals surface area contributed by atoms with Crippen molar-refractivity contribution >= 4 is 5.91 Å². The van der Waals surface area contributed by atoms with E-state index in [9.17, 15) is 4.79 Å². The Morgan fingerprint density at radius 2 is 1.94 bits per heavy atom. The molecule has 2 rings (SSSR count). The quantitative estimate of drug-likeness (QED) is 0.849. The molecule has 0 atom stereocenters.